The summed E-state index contributed by atoms with van der Waals surface area (Å²) in [5.74, 6) is -1.12. The van der Waals surface area contributed by atoms with Crippen molar-refractivity contribution in [2.24, 2.45) is 0 Å². The third kappa shape index (κ3) is 4.39. The van der Waals surface area contributed by atoms with Crippen LogP contribution in [0.3, 0.4) is 0 Å². The van der Waals surface area contributed by atoms with Crippen LogP contribution in [0.25, 0.3) is 0 Å². The van der Waals surface area contributed by atoms with Gasteiger partial charge < -0.3 is 13.5 Å². The number of benzene rings is 2. The fourth-order valence-corrected chi connectivity index (χ4v) is 4.31. The first-order valence-corrected chi connectivity index (χ1v) is 10.7. The number of rotatable bonds is 3. The first-order chi connectivity index (χ1) is 13.0. The molecule has 0 aliphatic carbocycles. The quantitative estimate of drug-likeness (QED) is 0.251. The second kappa shape index (κ2) is 8.62. The minimum Gasteiger partial charge on any atom is -1.00 e. The molecule has 4 rings (SSSR count). The predicted molar refractivity (Wildman–Crippen MR) is 98.2 cm³/mol. The van der Waals surface area contributed by atoms with Crippen LogP contribution in [0.4, 0.5) is 11.4 Å². The fourth-order valence-electron chi connectivity index (χ4n) is 3.30. The smallest absolute Gasteiger partial charge is 1.00 e. The molecule has 0 bridgehead atoms. The van der Waals surface area contributed by atoms with Crippen LogP contribution >= 0.6 is 0 Å². The van der Waals surface area contributed by atoms with Crippen molar-refractivity contribution in [1.29, 1.82) is 0 Å². The summed E-state index contributed by atoms with van der Waals surface area (Å²) in [6.45, 7) is 0. The maximum Gasteiger partial charge on any atom is 1.00 e. The van der Waals surface area contributed by atoms with E-state index in [9.17, 15) is 26.4 Å². The number of ketones is 2. The molecule has 2 unspecified atom stereocenters. The topological polar surface area (TPSA) is 167 Å². The van der Waals surface area contributed by atoms with Crippen molar-refractivity contribution < 1.29 is 97.5 Å². The van der Waals surface area contributed by atoms with E-state index in [0.717, 1.165) is 24.3 Å². The molecule has 150 valence electrons. The molecule has 0 aromatic heterocycles. The molecular formula is C16H14N2Na2O8S2. The van der Waals surface area contributed by atoms with Gasteiger partial charge in [0.1, 0.15) is 12.1 Å². The van der Waals surface area contributed by atoms with Crippen molar-refractivity contribution in [3.05, 3.63) is 47.5 Å². The molecule has 2 heterocycles. The molecule has 0 fully saturated rings. The van der Waals surface area contributed by atoms with Crippen molar-refractivity contribution in [3.63, 3.8) is 0 Å². The molecule has 14 heteroatoms. The zero-order valence-corrected chi connectivity index (χ0v) is 21.4. The Labute approximate surface area is 218 Å². The monoisotopic (exact) mass is 472 g/mol. The zero-order chi connectivity index (χ0) is 20.4. The number of carbonyl (C=O) groups is 2. The Kier molecular flexibility index (Phi) is 7.31. The Morgan fingerprint density at radius 1 is 0.700 bits per heavy atom. The summed E-state index contributed by atoms with van der Waals surface area (Å²) in [5, 5.41) is 5.68. The summed E-state index contributed by atoms with van der Waals surface area (Å²) in [4.78, 5) is 24.5. The molecule has 2 aromatic rings. The predicted octanol–water partition coefficient (Wildman–Crippen LogP) is -4.93. The third-order valence-corrected chi connectivity index (χ3v) is 6.33. The Morgan fingerprint density at radius 3 is 1.33 bits per heavy atom. The minimum atomic E-state index is -4.50. The number of hydrogen-bond donors (Lipinski definition) is 4. The molecule has 2 aliphatic rings. The van der Waals surface area contributed by atoms with E-state index in [4.69, 9.17) is 9.11 Å². The van der Waals surface area contributed by atoms with Gasteiger partial charge in [0, 0.05) is 22.5 Å². The standard InChI is InChI=1S/C16H12N2O8S2.2Na.2H/c19-15-9-5-7(27(21,22)23)1-3-11(9)17-13(15)14-16(20)10-6-8(28(24,25)26)2-4-12(10)18-14;;;;/h1-6,13-14,17-18H,(H,21,22,23)(H,24,25,26);;;;/q;2*+1;2*-1. The van der Waals surface area contributed by atoms with E-state index < -0.39 is 53.7 Å². The molecule has 2 aliphatic heterocycles. The number of carbonyl (C=O) groups excluding carboxylic acids is 2. The third-order valence-electron chi connectivity index (χ3n) is 4.63. The van der Waals surface area contributed by atoms with Gasteiger partial charge in [0.15, 0.2) is 11.6 Å². The normalized spacial score (nSPS) is 19.7. The van der Waals surface area contributed by atoms with Crippen LogP contribution in [0, 0.1) is 0 Å². The van der Waals surface area contributed by atoms with Gasteiger partial charge in [0.25, 0.3) is 20.2 Å². The Hall–Kier alpha value is -0.800. The largest absolute Gasteiger partial charge is 1.00 e. The Balaban J connectivity index is 0.00000240. The van der Waals surface area contributed by atoms with Gasteiger partial charge in [0.05, 0.1) is 9.79 Å². The Bertz CT molecular complexity index is 1190. The maximum atomic E-state index is 12.7. The minimum absolute atomic E-state index is 0. The SMILES string of the molecule is O=C1c2cc(S(=O)(=O)O)ccc2NC1C1Nc2ccc(S(=O)(=O)O)cc2C1=O.[H-].[H-].[Na+].[Na+]. The molecule has 0 radical (unpaired) electrons. The Morgan fingerprint density at radius 2 is 1.03 bits per heavy atom. The molecule has 4 N–H and O–H groups in total. The second-order valence-corrected chi connectivity index (χ2v) is 9.18. The van der Waals surface area contributed by atoms with E-state index in [1.165, 1.54) is 12.1 Å². The fraction of sp³-hybridized carbons (Fsp3) is 0.125. The second-order valence-electron chi connectivity index (χ2n) is 6.34. The maximum absolute atomic E-state index is 12.7. The summed E-state index contributed by atoms with van der Waals surface area (Å²) >= 11 is 0. The van der Waals surface area contributed by atoms with E-state index in [1.54, 1.807) is 0 Å². The number of fused-ring (bicyclic) bond motifs is 2. The van der Waals surface area contributed by atoms with Crippen LogP contribution in [-0.2, 0) is 20.2 Å². The average molecular weight is 472 g/mol. The van der Waals surface area contributed by atoms with Gasteiger partial charge in [0.2, 0.25) is 0 Å². The van der Waals surface area contributed by atoms with Gasteiger partial charge in [-0.2, -0.15) is 16.8 Å². The van der Waals surface area contributed by atoms with Crippen molar-refractivity contribution in [2.75, 3.05) is 10.6 Å². The van der Waals surface area contributed by atoms with Gasteiger partial charge in [-0.05, 0) is 36.4 Å². The summed E-state index contributed by atoms with van der Waals surface area (Å²) < 4.78 is 63.4. The summed E-state index contributed by atoms with van der Waals surface area (Å²) in [7, 11) is -9.00. The summed E-state index contributed by atoms with van der Waals surface area (Å²) in [6.07, 6.45) is 0. The van der Waals surface area contributed by atoms with Crippen LogP contribution < -0.4 is 69.7 Å². The zero-order valence-electron chi connectivity index (χ0n) is 17.8. The van der Waals surface area contributed by atoms with E-state index in [1.807, 2.05) is 0 Å². The average Bonchev–Trinajstić information content (AvgIpc) is 3.10. The molecule has 0 spiro atoms. The number of Topliss-reactive ketones (excluding diaryl/α,β-unsaturated/α-hetero) is 2. The first kappa shape index (κ1) is 25.5. The van der Waals surface area contributed by atoms with Crippen LogP contribution in [0.2, 0.25) is 0 Å². The van der Waals surface area contributed by atoms with Gasteiger partial charge in [-0.15, -0.1) is 0 Å². The van der Waals surface area contributed by atoms with Crippen LogP contribution in [-0.4, -0.2) is 49.6 Å². The molecular weight excluding hydrogens is 458 g/mol. The van der Waals surface area contributed by atoms with Crippen LogP contribution in [0.5, 0.6) is 0 Å². The molecule has 10 nitrogen and oxygen atoms in total. The molecule has 0 saturated heterocycles. The first-order valence-electron chi connectivity index (χ1n) is 7.81. The summed E-state index contributed by atoms with van der Waals surface area (Å²) in [6, 6.07) is 4.74. The van der Waals surface area contributed by atoms with Gasteiger partial charge >= 0.3 is 59.1 Å². The van der Waals surface area contributed by atoms with E-state index in [2.05, 4.69) is 10.6 Å². The molecule has 30 heavy (non-hydrogen) atoms. The van der Waals surface area contributed by atoms with E-state index in [-0.39, 0.29) is 73.1 Å². The van der Waals surface area contributed by atoms with Gasteiger partial charge in [-0.25, -0.2) is 0 Å². The van der Waals surface area contributed by atoms with Gasteiger partial charge in [-0.1, -0.05) is 0 Å². The molecule has 0 amide bonds. The molecule has 2 aromatic carbocycles. The van der Waals surface area contributed by atoms with E-state index >= 15 is 0 Å². The summed E-state index contributed by atoms with van der Waals surface area (Å²) in [5.41, 5.74) is 0.603. The van der Waals surface area contributed by atoms with Crippen molar-refractivity contribution in [3.8, 4) is 0 Å². The number of anilines is 2. The van der Waals surface area contributed by atoms with Gasteiger partial charge in [-0.3, -0.25) is 18.7 Å². The van der Waals surface area contributed by atoms with Crippen molar-refractivity contribution in [1.82, 2.24) is 0 Å². The molecule has 0 saturated carbocycles. The number of nitrogens with one attached hydrogen (secondary N) is 2. The number of hydrogen-bond acceptors (Lipinski definition) is 8. The van der Waals surface area contributed by atoms with E-state index in [0.29, 0.717) is 11.4 Å². The van der Waals surface area contributed by atoms with Crippen LogP contribution in [0.1, 0.15) is 23.6 Å². The van der Waals surface area contributed by atoms with Crippen molar-refractivity contribution in [2.45, 2.75) is 21.9 Å². The van der Waals surface area contributed by atoms with Crippen molar-refractivity contribution >= 4 is 43.2 Å². The van der Waals surface area contributed by atoms with Crippen LogP contribution in [0.15, 0.2) is 46.2 Å². The molecule has 2 atom stereocenters.